The lowest BCUT2D eigenvalue weighted by molar-refractivity contribution is -0.189. The van der Waals surface area contributed by atoms with Crippen molar-refractivity contribution in [3.05, 3.63) is 10.3 Å². The van der Waals surface area contributed by atoms with Gasteiger partial charge in [-0.1, -0.05) is 0 Å². The van der Waals surface area contributed by atoms with Crippen molar-refractivity contribution in [2.75, 3.05) is 6.54 Å². The molecule has 1 aliphatic rings. The molecule has 94 valence electrons. The van der Waals surface area contributed by atoms with E-state index >= 15 is 0 Å². The molecule has 0 atom stereocenters. The largest absolute Gasteiger partial charge is 0.491 e. The van der Waals surface area contributed by atoms with Gasteiger partial charge >= 0.3 is 12.1 Å². The molecule has 5 nitrogen and oxygen atoms in total. The highest BCUT2D eigenvalue weighted by Crippen LogP contribution is 2.31. The van der Waals surface area contributed by atoms with Crippen molar-refractivity contribution in [3.63, 3.8) is 0 Å². The number of halogens is 4. The van der Waals surface area contributed by atoms with Crippen molar-refractivity contribution in [1.29, 1.82) is 0 Å². The smallest absolute Gasteiger partial charge is 0.415 e. The van der Waals surface area contributed by atoms with Crippen LogP contribution in [0.5, 0.6) is 5.75 Å². The van der Waals surface area contributed by atoms with Gasteiger partial charge in [0, 0.05) is 13.1 Å². The van der Waals surface area contributed by atoms with Crippen molar-refractivity contribution in [1.82, 2.24) is 15.1 Å². The van der Waals surface area contributed by atoms with Crippen LogP contribution in [0.2, 0.25) is 0 Å². The third kappa shape index (κ3) is 2.44. The molecule has 17 heavy (non-hydrogen) atoms. The molecule has 0 fully saturated rings. The summed E-state index contributed by atoms with van der Waals surface area (Å²) in [6.45, 7) is 1.48. The number of esters is 1. The molecule has 0 saturated heterocycles. The molecule has 1 aromatic heterocycles. The van der Waals surface area contributed by atoms with Gasteiger partial charge < -0.3 is 10.1 Å². The lowest BCUT2D eigenvalue weighted by atomic mass is 10.3. The maximum absolute atomic E-state index is 12.1. The van der Waals surface area contributed by atoms with Crippen LogP contribution in [0.3, 0.4) is 0 Å². The topological polar surface area (TPSA) is 56.1 Å². The third-order valence-corrected chi connectivity index (χ3v) is 2.71. The quantitative estimate of drug-likeness (QED) is 0.792. The summed E-state index contributed by atoms with van der Waals surface area (Å²) in [5.41, 5.74) is 0.417. The molecule has 0 amide bonds. The molecule has 9 heteroatoms. The normalized spacial score (nSPS) is 15.5. The van der Waals surface area contributed by atoms with Gasteiger partial charge in [0.05, 0.1) is 12.2 Å². The van der Waals surface area contributed by atoms with Gasteiger partial charge in [0.2, 0.25) is 0 Å². The lowest BCUT2D eigenvalue weighted by Crippen LogP contribution is -2.31. The van der Waals surface area contributed by atoms with Crippen LogP contribution in [0.15, 0.2) is 4.60 Å². The average molecular weight is 314 g/mol. The van der Waals surface area contributed by atoms with Crippen LogP contribution in [-0.4, -0.2) is 28.5 Å². The van der Waals surface area contributed by atoms with Gasteiger partial charge in [0.15, 0.2) is 10.4 Å². The fourth-order valence-corrected chi connectivity index (χ4v) is 1.95. The third-order valence-electron chi connectivity index (χ3n) is 2.19. The van der Waals surface area contributed by atoms with E-state index in [0.29, 0.717) is 25.3 Å². The van der Waals surface area contributed by atoms with Crippen molar-refractivity contribution >= 4 is 21.9 Å². The summed E-state index contributed by atoms with van der Waals surface area (Å²) in [5, 5.41) is 6.89. The molecule has 2 rings (SSSR count). The van der Waals surface area contributed by atoms with Gasteiger partial charge in [-0.25, -0.2) is 4.79 Å². The number of alkyl halides is 3. The zero-order chi connectivity index (χ0) is 12.6. The number of carbonyl (C=O) groups excluding carboxylic acids is 1. The van der Waals surface area contributed by atoms with Gasteiger partial charge in [-0.15, -0.1) is 0 Å². The van der Waals surface area contributed by atoms with Crippen molar-refractivity contribution in [3.8, 4) is 5.75 Å². The zero-order valence-electron chi connectivity index (χ0n) is 8.34. The molecule has 2 heterocycles. The van der Waals surface area contributed by atoms with Crippen molar-refractivity contribution in [2.45, 2.75) is 19.3 Å². The van der Waals surface area contributed by atoms with Gasteiger partial charge in [0.25, 0.3) is 0 Å². The number of nitrogens with one attached hydrogen (secondary N) is 1. The van der Waals surface area contributed by atoms with Gasteiger partial charge in [-0.3, -0.25) is 4.68 Å². The molecule has 1 N–H and O–H groups in total. The van der Waals surface area contributed by atoms with E-state index in [9.17, 15) is 18.0 Å². The second-order valence-corrected chi connectivity index (χ2v) is 4.10. The summed E-state index contributed by atoms with van der Waals surface area (Å²) >= 11 is 2.97. The van der Waals surface area contributed by atoms with Crippen LogP contribution >= 0.6 is 15.9 Å². The fourth-order valence-electron chi connectivity index (χ4n) is 1.45. The number of hydrogen-bond donors (Lipinski definition) is 1. The Morgan fingerprint density at radius 2 is 2.24 bits per heavy atom. The Balaban J connectivity index is 2.27. The minimum Gasteiger partial charge on any atom is -0.415 e. The molecule has 0 saturated carbocycles. The first kappa shape index (κ1) is 12.4. The molecule has 0 bridgehead atoms. The Morgan fingerprint density at radius 1 is 1.53 bits per heavy atom. The van der Waals surface area contributed by atoms with Crippen LogP contribution in [0.25, 0.3) is 0 Å². The maximum atomic E-state index is 12.1. The standard InChI is InChI=1S/C8H7BrF3N3O2/c9-6-5(17-7(16)8(10,11)12)4-3-13-1-2-15(4)14-6/h13H,1-3H2. The number of rotatable bonds is 1. The minimum absolute atomic E-state index is 0.0915. The Bertz CT molecular complexity index is 458. The second-order valence-electron chi connectivity index (χ2n) is 3.35. The lowest BCUT2D eigenvalue weighted by Gasteiger charge is -2.15. The molecule has 0 radical (unpaired) electrons. The highest BCUT2D eigenvalue weighted by molar-refractivity contribution is 9.10. The Kier molecular flexibility index (Phi) is 3.13. The van der Waals surface area contributed by atoms with Gasteiger partial charge in [-0.2, -0.15) is 18.3 Å². The van der Waals surface area contributed by atoms with E-state index < -0.39 is 12.1 Å². The van der Waals surface area contributed by atoms with Crippen molar-refractivity contribution < 1.29 is 22.7 Å². The van der Waals surface area contributed by atoms with Crippen molar-refractivity contribution in [2.24, 2.45) is 0 Å². The number of hydrogen-bond acceptors (Lipinski definition) is 4. The zero-order valence-corrected chi connectivity index (χ0v) is 9.93. The molecular formula is C8H7BrF3N3O2. The Hall–Kier alpha value is -1.09. The van der Waals surface area contributed by atoms with Crippen LogP contribution < -0.4 is 10.1 Å². The summed E-state index contributed by atoms with van der Waals surface area (Å²) in [6.07, 6.45) is -5.02. The summed E-state index contributed by atoms with van der Waals surface area (Å²) in [7, 11) is 0. The number of carbonyl (C=O) groups is 1. The first-order valence-corrected chi connectivity index (χ1v) is 5.44. The molecule has 1 aromatic rings. The van der Waals surface area contributed by atoms with Crippen LogP contribution in [0.4, 0.5) is 13.2 Å². The summed E-state index contributed by atoms with van der Waals surface area (Å²) < 4.78 is 42.1. The van der Waals surface area contributed by atoms with Crippen LogP contribution in [0.1, 0.15) is 5.69 Å². The average Bonchev–Trinajstić information content (AvgIpc) is 2.54. The van der Waals surface area contributed by atoms with Crippen LogP contribution in [0, 0.1) is 0 Å². The number of nitrogens with zero attached hydrogens (tertiary/aromatic N) is 2. The first-order valence-electron chi connectivity index (χ1n) is 4.64. The second kappa shape index (κ2) is 4.30. The Morgan fingerprint density at radius 3 is 2.88 bits per heavy atom. The minimum atomic E-state index is -5.02. The first-order chi connectivity index (χ1) is 7.89. The molecule has 0 aromatic carbocycles. The van der Waals surface area contributed by atoms with E-state index in [-0.39, 0.29) is 10.4 Å². The number of aromatic nitrogens is 2. The molecule has 0 spiro atoms. The van der Waals surface area contributed by atoms with Gasteiger partial charge in [0.1, 0.15) is 0 Å². The van der Waals surface area contributed by atoms with Gasteiger partial charge in [-0.05, 0) is 15.9 Å². The highest BCUT2D eigenvalue weighted by Gasteiger charge is 2.42. The fraction of sp³-hybridized carbons (Fsp3) is 0.500. The van der Waals surface area contributed by atoms with E-state index in [4.69, 9.17) is 0 Å². The van der Waals surface area contributed by atoms with E-state index in [1.807, 2.05) is 0 Å². The van der Waals surface area contributed by atoms with Crippen LogP contribution in [-0.2, 0) is 17.9 Å². The monoisotopic (exact) mass is 313 g/mol. The maximum Gasteiger partial charge on any atom is 0.491 e. The summed E-state index contributed by atoms with van der Waals surface area (Å²) in [5.74, 6) is -2.43. The van der Waals surface area contributed by atoms with E-state index in [1.54, 1.807) is 0 Å². The molecule has 1 aliphatic heterocycles. The van der Waals surface area contributed by atoms with E-state index in [2.05, 4.69) is 31.1 Å². The predicted molar refractivity (Wildman–Crippen MR) is 53.3 cm³/mol. The molecular weight excluding hydrogens is 307 g/mol. The highest BCUT2D eigenvalue weighted by atomic mass is 79.9. The van der Waals surface area contributed by atoms with E-state index in [1.165, 1.54) is 4.68 Å². The SMILES string of the molecule is O=C(Oc1c(Br)nn2c1CNCC2)C(F)(F)F. The predicted octanol–water partition coefficient (Wildman–Crippen LogP) is 1.22. The number of ether oxygens (including phenoxy) is 1. The summed E-state index contributed by atoms with van der Waals surface area (Å²) in [6, 6.07) is 0. The molecule has 0 unspecified atom stereocenters. The summed E-state index contributed by atoms with van der Waals surface area (Å²) in [4.78, 5) is 10.7. The van der Waals surface area contributed by atoms with E-state index in [0.717, 1.165) is 0 Å². The number of fused-ring (bicyclic) bond motifs is 1. The molecule has 0 aliphatic carbocycles. The Labute approximate surface area is 102 Å².